The maximum Gasteiger partial charge on any atom is 0.338 e. The molecule has 3 nitrogen and oxygen atoms in total. The van der Waals surface area contributed by atoms with Crippen molar-refractivity contribution in [2.75, 3.05) is 0 Å². The topological polar surface area (TPSA) is 50.2 Å². The van der Waals surface area contributed by atoms with Gasteiger partial charge in [0.2, 0.25) is 0 Å². The van der Waals surface area contributed by atoms with Crippen LogP contribution in [0.25, 0.3) is 0 Å². The van der Waals surface area contributed by atoms with Crippen molar-refractivity contribution < 1.29 is 9.90 Å². The first-order chi connectivity index (χ1) is 9.88. The van der Waals surface area contributed by atoms with E-state index in [-0.39, 0.29) is 5.56 Å². The minimum Gasteiger partial charge on any atom is -0.478 e. The molecule has 0 radical (unpaired) electrons. The number of aryl methyl sites for hydroxylation is 3. The summed E-state index contributed by atoms with van der Waals surface area (Å²) in [6.07, 6.45) is 0. The lowest BCUT2D eigenvalue weighted by Crippen LogP contribution is -2.05. The van der Waals surface area contributed by atoms with Crippen LogP contribution in [0.1, 0.15) is 32.7 Å². The number of carbonyl (C=O) groups is 1. The number of hydrogen-bond acceptors (Lipinski definition) is 3. The summed E-state index contributed by atoms with van der Waals surface area (Å²) in [5.41, 5.74) is 3.89. The molecule has 0 unspecified atom stereocenters. The third-order valence-electron chi connectivity index (χ3n) is 3.10. The molecule has 0 aliphatic carbocycles. The molecule has 0 saturated heterocycles. The highest BCUT2D eigenvalue weighted by molar-refractivity contribution is 7.98. The van der Waals surface area contributed by atoms with Crippen molar-refractivity contribution in [3.05, 3.63) is 57.2 Å². The van der Waals surface area contributed by atoms with Gasteiger partial charge in [-0.15, -0.1) is 11.8 Å². The Kier molecular flexibility index (Phi) is 4.91. The summed E-state index contributed by atoms with van der Waals surface area (Å²) in [6, 6.07) is 7.65. The van der Waals surface area contributed by atoms with E-state index in [9.17, 15) is 9.90 Å². The lowest BCUT2D eigenvalue weighted by molar-refractivity contribution is 0.0691. The van der Waals surface area contributed by atoms with Crippen molar-refractivity contribution in [3.8, 4) is 0 Å². The summed E-state index contributed by atoms with van der Waals surface area (Å²) >= 11 is 7.61. The van der Waals surface area contributed by atoms with Crippen LogP contribution in [0.4, 0.5) is 0 Å². The molecule has 2 rings (SSSR count). The maximum atomic E-state index is 11.4. The number of aromatic carboxylic acids is 1. The summed E-state index contributed by atoms with van der Waals surface area (Å²) < 4.78 is 0. The van der Waals surface area contributed by atoms with E-state index in [0.29, 0.717) is 15.8 Å². The van der Waals surface area contributed by atoms with E-state index in [2.05, 4.69) is 4.98 Å². The zero-order valence-electron chi connectivity index (χ0n) is 12.1. The molecule has 0 atom stereocenters. The Morgan fingerprint density at radius 3 is 2.62 bits per heavy atom. The fourth-order valence-corrected chi connectivity index (χ4v) is 3.61. The molecule has 1 heterocycles. The van der Waals surface area contributed by atoms with Gasteiger partial charge in [0.05, 0.1) is 5.56 Å². The standard InChI is InChI=1S/C16H16ClNO2S/c1-9-4-5-12(13(17)6-9)8-21-15-14(16(19)20)10(2)7-11(3)18-15/h4-7H,8H2,1-3H3,(H,19,20). The molecule has 2 aromatic rings. The second-order valence-electron chi connectivity index (χ2n) is 4.95. The van der Waals surface area contributed by atoms with Crippen LogP contribution in [0.2, 0.25) is 5.02 Å². The number of aromatic nitrogens is 1. The third-order valence-corrected chi connectivity index (χ3v) is 4.47. The van der Waals surface area contributed by atoms with Crippen molar-refractivity contribution in [2.24, 2.45) is 0 Å². The van der Waals surface area contributed by atoms with Gasteiger partial charge in [0.25, 0.3) is 0 Å². The maximum absolute atomic E-state index is 11.4. The summed E-state index contributed by atoms with van der Waals surface area (Å²) in [5.74, 6) is -0.354. The van der Waals surface area contributed by atoms with Crippen molar-refractivity contribution in [1.82, 2.24) is 4.98 Å². The van der Waals surface area contributed by atoms with Crippen LogP contribution < -0.4 is 0 Å². The summed E-state index contributed by atoms with van der Waals surface area (Å²) in [6.45, 7) is 5.64. The first-order valence-corrected chi connectivity index (χ1v) is 7.84. The highest BCUT2D eigenvalue weighted by Crippen LogP contribution is 2.30. The van der Waals surface area contributed by atoms with Gasteiger partial charge in [-0.25, -0.2) is 9.78 Å². The van der Waals surface area contributed by atoms with Gasteiger partial charge in [-0.2, -0.15) is 0 Å². The van der Waals surface area contributed by atoms with Gasteiger partial charge in [0.1, 0.15) is 5.03 Å². The van der Waals surface area contributed by atoms with E-state index in [4.69, 9.17) is 11.6 Å². The molecule has 0 bridgehead atoms. The van der Waals surface area contributed by atoms with Crippen molar-refractivity contribution in [2.45, 2.75) is 31.6 Å². The quantitative estimate of drug-likeness (QED) is 0.833. The molecule has 0 spiro atoms. The molecule has 1 aromatic carbocycles. The second-order valence-corrected chi connectivity index (χ2v) is 6.32. The number of hydrogen-bond donors (Lipinski definition) is 1. The van der Waals surface area contributed by atoms with E-state index < -0.39 is 5.97 Å². The van der Waals surface area contributed by atoms with Crippen LogP contribution in [0.3, 0.4) is 0 Å². The highest BCUT2D eigenvalue weighted by Gasteiger charge is 2.16. The Hall–Kier alpha value is -1.52. The van der Waals surface area contributed by atoms with Gasteiger partial charge >= 0.3 is 5.97 Å². The second kappa shape index (κ2) is 6.50. The van der Waals surface area contributed by atoms with Crippen LogP contribution in [0, 0.1) is 20.8 Å². The fraction of sp³-hybridized carbons (Fsp3) is 0.250. The predicted octanol–water partition coefficient (Wildman–Crippen LogP) is 4.65. The molecule has 1 N–H and O–H groups in total. The lowest BCUT2D eigenvalue weighted by Gasteiger charge is -2.10. The molecule has 0 saturated carbocycles. The smallest absolute Gasteiger partial charge is 0.338 e. The number of thioether (sulfide) groups is 1. The van der Waals surface area contributed by atoms with E-state index in [1.807, 2.05) is 32.0 Å². The molecular formula is C16H16ClNO2S. The van der Waals surface area contributed by atoms with E-state index in [0.717, 1.165) is 22.4 Å². The molecule has 0 fully saturated rings. The number of benzene rings is 1. The Morgan fingerprint density at radius 1 is 1.29 bits per heavy atom. The van der Waals surface area contributed by atoms with Crippen LogP contribution in [-0.4, -0.2) is 16.1 Å². The third kappa shape index (κ3) is 3.77. The Morgan fingerprint density at radius 2 is 2.00 bits per heavy atom. The molecule has 0 aliphatic rings. The normalized spacial score (nSPS) is 10.7. The van der Waals surface area contributed by atoms with Gasteiger partial charge in [0.15, 0.2) is 0 Å². The zero-order chi connectivity index (χ0) is 15.6. The summed E-state index contributed by atoms with van der Waals surface area (Å²) in [7, 11) is 0. The first-order valence-electron chi connectivity index (χ1n) is 6.48. The molecule has 1 aromatic heterocycles. The van der Waals surface area contributed by atoms with Gasteiger partial charge in [-0.1, -0.05) is 23.7 Å². The number of pyridine rings is 1. The molecular weight excluding hydrogens is 306 g/mol. The molecule has 5 heteroatoms. The van der Waals surface area contributed by atoms with Gasteiger partial charge < -0.3 is 5.11 Å². The van der Waals surface area contributed by atoms with Crippen molar-refractivity contribution in [3.63, 3.8) is 0 Å². The number of carboxylic acids is 1. The SMILES string of the molecule is Cc1ccc(CSc2nc(C)cc(C)c2C(=O)O)c(Cl)c1. The largest absolute Gasteiger partial charge is 0.478 e. The molecule has 0 amide bonds. The zero-order valence-corrected chi connectivity index (χ0v) is 13.7. The van der Waals surface area contributed by atoms with Crippen molar-refractivity contribution >= 4 is 29.3 Å². The summed E-state index contributed by atoms with van der Waals surface area (Å²) in [5, 5.41) is 10.6. The highest BCUT2D eigenvalue weighted by atomic mass is 35.5. The van der Waals surface area contributed by atoms with Crippen LogP contribution in [0.15, 0.2) is 29.3 Å². The van der Waals surface area contributed by atoms with Gasteiger partial charge in [0, 0.05) is 16.5 Å². The Bertz CT molecular complexity index is 701. The van der Waals surface area contributed by atoms with Crippen LogP contribution >= 0.6 is 23.4 Å². The summed E-state index contributed by atoms with van der Waals surface area (Å²) in [4.78, 5) is 15.8. The Labute approximate surface area is 133 Å². The van der Waals surface area contributed by atoms with E-state index in [1.165, 1.54) is 11.8 Å². The van der Waals surface area contributed by atoms with Crippen LogP contribution in [0.5, 0.6) is 0 Å². The molecule has 0 aliphatic heterocycles. The van der Waals surface area contributed by atoms with Gasteiger partial charge in [-0.3, -0.25) is 0 Å². The monoisotopic (exact) mass is 321 g/mol. The average molecular weight is 322 g/mol. The lowest BCUT2D eigenvalue weighted by atomic mass is 10.1. The van der Waals surface area contributed by atoms with Gasteiger partial charge in [-0.05, 0) is 49.6 Å². The van der Waals surface area contributed by atoms with Crippen molar-refractivity contribution in [1.29, 1.82) is 0 Å². The molecule has 110 valence electrons. The first kappa shape index (κ1) is 15.9. The Balaban J connectivity index is 2.29. The average Bonchev–Trinajstić information content (AvgIpc) is 2.36. The van der Waals surface area contributed by atoms with E-state index in [1.54, 1.807) is 13.0 Å². The minimum absolute atomic E-state index is 0.272. The number of nitrogens with zero attached hydrogens (tertiary/aromatic N) is 1. The predicted molar refractivity (Wildman–Crippen MR) is 86.4 cm³/mol. The number of carboxylic acid groups (broad SMARTS) is 1. The number of halogens is 1. The molecule has 21 heavy (non-hydrogen) atoms. The minimum atomic E-state index is -0.947. The van der Waals surface area contributed by atoms with Crippen LogP contribution in [-0.2, 0) is 5.75 Å². The fourth-order valence-electron chi connectivity index (χ4n) is 2.08. The van der Waals surface area contributed by atoms with E-state index >= 15 is 0 Å². The number of rotatable bonds is 4.